The Hall–Kier alpha value is -2.90. The van der Waals surface area contributed by atoms with E-state index in [1.807, 2.05) is 44.2 Å². The summed E-state index contributed by atoms with van der Waals surface area (Å²) in [6.07, 6.45) is 1.71. The van der Waals surface area contributed by atoms with Crippen molar-refractivity contribution >= 4 is 17.3 Å². The third-order valence-corrected chi connectivity index (χ3v) is 5.25. The molecule has 1 aromatic heterocycles. The van der Waals surface area contributed by atoms with E-state index in [2.05, 4.69) is 50.3 Å². The minimum Gasteiger partial charge on any atom is -0.376 e. The van der Waals surface area contributed by atoms with E-state index in [4.69, 9.17) is 0 Å². The van der Waals surface area contributed by atoms with E-state index in [-0.39, 0.29) is 0 Å². The van der Waals surface area contributed by atoms with Crippen LogP contribution in [0.25, 0.3) is 5.69 Å². The summed E-state index contributed by atoms with van der Waals surface area (Å²) in [5, 5.41) is 18.1. The van der Waals surface area contributed by atoms with Crippen LogP contribution in [0.15, 0.2) is 54.9 Å². The van der Waals surface area contributed by atoms with Gasteiger partial charge in [-0.3, -0.25) is 4.90 Å². The molecule has 0 atom stereocenters. The normalized spacial score (nSPS) is 15.5. The lowest BCUT2D eigenvalue weighted by Gasteiger charge is -2.42. The molecule has 0 saturated carbocycles. The smallest absolute Gasteiger partial charge is 0.246 e. The van der Waals surface area contributed by atoms with E-state index in [0.717, 1.165) is 37.6 Å². The third kappa shape index (κ3) is 4.58. The van der Waals surface area contributed by atoms with Crippen LogP contribution in [0.3, 0.4) is 0 Å². The Kier molecular flexibility index (Phi) is 5.25. The summed E-state index contributed by atoms with van der Waals surface area (Å²) in [4.78, 5) is 8.86. The second-order valence-corrected chi connectivity index (χ2v) is 8.00. The van der Waals surface area contributed by atoms with Gasteiger partial charge in [0.1, 0.15) is 12.1 Å². The number of piperazine rings is 1. The van der Waals surface area contributed by atoms with Crippen LogP contribution < -0.4 is 10.2 Å². The topological polar surface area (TPSA) is 69.5 Å². The van der Waals surface area contributed by atoms with Gasteiger partial charge in [0.2, 0.25) is 5.95 Å². The lowest BCUT2D eigenvalue weighted by molar-refractivity contribution is -0.0802. The van der Waals surface area contributed by atoms with Crippen molar-refractivity contribution in [1.82, 2.24) is 19.7 Å². The minimum absolute atomic E-state index is 0.567. The molecular formula is C22H28N6O. The lowest BCUT2D eigenvalue weighted by atomic mass is 10.1. The fraction of sp³-hybridized carbons (Fsp3) is 0.364. The Balaban J connectivity index is 1.48. The molecule has 1 saturated heterocycles. The zero-order valence-electron chi connectivity index (χ0n) is 17.2. The summed E-state index contributed by atoms with van der Waals surface area (Å²) in [6, 6.07) is 16.4. The van der Waals surface area contributed by atoms with Crippen molar-refractivity contribution in [3.05, 3.63) is 60.4 Å². The van der Waals surface area contributed by atoms with Gasteiger partial charge in [0.05, 0.1) is 5.69 Å². The van der Waals surface area contributed by atoms with Gasteiger partial charge in [-0.05, 0) is 56.7 Å². The lowest BCUT2D eigenvalue weighted by Crippen LogP contribution is -2.54. The predicted octanol–water partition coefficient (Wildman–Crippen LogP) is 3.17. The molecule has 7 heteroatoms. The molecule has 152 valence electrons. The van der Waals surface area contributed by atoms with Crippen molar-refractivity contribution in [2.45, 2.75) is 26.5 Å². The van der Waals surface area contributed by atoms with Crippen molar-refractivity contribution in [1.29, 1.82) is 0 Å². The molecule has 2 aromatic carbocycles. The van der Waals surface area contributed by atoms with Gasteiger partial charge >= 0.3 is 0 Å². The van der Waals surface area contributed by atoms with Crippen LogP contribution in [0.1, 0.15) is 19.4 Å². The van der Waals surface area contributed by atoms with Crippen LogP contribution in [-0.4, -0.2) is 56.7 Å². The van der Waals surface area contributed by atoms with Gasteiger partial charge in [-0.1, -0.05) is 18.2 Å². The third-order valence-electron chi connectivity index (χ3n) is 5.25. The number of rotatable bonds is 5. The first-order chi connectivity index (χ1) is 13.9. The van der Waals surface area contributed by atoms with Gasteiger partial charge in [-0.25, -0.2) is 4.68 Å². The Labute approximate surface area is 171 Å². The van der Waals surface area contributed by atoms with Crippen molar-refractivity contribution in [2.24, 2.45) is 0 Å². The van der Waals surface area contributed by atoms with Crippen molar-refractivity contribution in [2.75, 3.05) is 36.4 Å². The van der Waals surface area contributed by atoms with Crippen molar-refractivity contribution in [3.8, 4) is 5.69 Å². The molecule has 1 fully saturated rings. The van der Waals surface area contributed by atoms with Crippen molar-refractivity contribution in [3.63, 3.8) is 0 Å². The number of anilines is 3. The molecular weight excluding hydrogens is 364 g/mol. The number of hydrogen-bond donors (Lipinski definition) is 2. The first-order valence-corrected chi connectivity index (χ1v) is 9.97. The van der Waals surface area contributed by atoms with Gasteiger partial charge < -0.3 is 15.3 Å². The fourth-order valence-electron chi connectivity index (χ4n) is 3.68. The van der Waals surface area contributed by atoms with Crippen LogP contribution in [0.5, 0.6) is 0 Å². The van der Waals surface area contributed by atoms with Gasteiger partial charge in [0.25, 0.3) is 0 Å². The molecule has 2 N–H and O–H groups in total. The highest BCUT2D eigenvalue weighted by Gasteiger charge is 2.27. The Morgan fingerprint density at radius 1 is 0.966 bits per heavy atom. The second-order valence-electron chi connectivity index (χ2n) is 8.00. The molecule has 0 unspecified atom stereocenters. The maximum atomic E-state index is 10.2. The molecule has 29 heavy (non-hydrogen) atoms. The Morgan fingerprint density at radius 3 is 2.38 bits per heavy atom. The molecule has 4 rings (SSSR count). The number of benzene rings is 2. The first-order valence-electron chi connectivity index (χ1n) is 9.97. The average Bonchev–Trinajstić information content (AvgIpc) is 3.16. The molecule has 2 heterocycles. The quantitative estimate of drug-likeness (QED) is 0.695. The zero-order valence-corrected chi connectivity index (χ0v) is 17.2. The Bertz CT molecular complexity index is 955. The molecule has 0 aliphatic carbocycles. The Morgan fingerprint density at radius 2 is 1.69 bits per heavy atom. The van der Waals surface area contributed by atoms with E-state index < -0.39 is 5.72 Å². The van der Waals surface area contributed by atoms with Gasteiger partial charge in [-0.15, -0.1) is 5.10 Å². The molecule has 1 aliphatic rings. The van der Waals surface area contributed by atoms with Crippen LogP contribution in [0.4, 0.5) is 17.3 Å². The molecule has 3 aromatic rings. The summed E-state index contributed by atoms with van der Waals surface area (Å²) in [6.45, 7) is 9.23. The number of hydrogen-bond acceptors (Lipinski definition) is 6. The summed E-state index contributed by atoms with van der Waals surface area (Å²) in [5.74, 6) is 0.567. The number of aryl methyl sites for hydroxylation is 1. The minimum atomic E-state index is -0.769. The molecule has 7 nitrogen and oxygen atoms in total. The number of aliphatic hydroxyl groups is 1. The van der Waals surface area contributed by atoms with E-state index >= 15 is 0 Å². The first kappa shape index (κ1) is 19.4. The predicted molar refractivity (Wildman–Crippen MR) is 116 cm³/mol. The maximum absolute atomic E-state index is 10.2. The van der Waals surface area contributed by atoms with Crippen LogP contribution in [0, 0.1) is 6.92 Å². The monoisotopic (exact) mass is 392 g/mol. The summed E-state index contributed by atoms with van der Waals surface area (Å²) in [5.41, 5.74) is 3.52. The highest BCUT2D eigenvalue weighted by Crippen LogP contribution is 2.26. The molecule has 0 radical (unpaired) electrons. The summed E-state index contributed by atoms with van der Waals surface area (Å²) >= 11 is 0. The van der Waals surface area contributed by atoms with Crippen LogP contribution in [0.2, 0.25) is 0 Å². The van der Waals surface area contributed by atoms with Crippen molar-refractivity contribution < 1.29 is 5.11 Å². The fourth-order valence-corrected chi connectivity index (χ4v) is 3.68. The van der Waals surface area contributed by atoms with E-state index in [1.165, 1.54) is 11.3 Å². The van der Waals surface area contributed by atoms with E-state index in [9.17, 15) is 5.11 Å². The van der Waals surface area contributed by atoms with Crippen LogP contribution >= 0.6 is 0 Å². The number of nitrogens with one attached hydrogen (secondary N) is 1. The second kappa shape index (κ2) is 7.85. The highest BCUT2D eigenvalue weighted by atomic mass is 16.3. The standard InChI is InChI=1S/C22H28N6O/c1-17-13-18(24-21-23-16-28(25-21)19-7-5-4-6-8-19)15-20(14-17)26-9-11-27(12-10-26)22(2,3)29/h4-8,13-16,29H,9-12H2,1-3H3,(H,24,25). The molecule has 0 bridgehead atoms. The van der Waals surface area contributed by atoms with Gasteiger partial charge in [0.15, 0.2) is 0 Å². The number of aromatic nitrogens is 3. The molecule has 1 aliphatic heterocycles. The molecule has 0 spiro atoms. The SMILES string of the molecule is Cc1cc(Nc2ncn(-c3ccccc3)n2)cc(N2CCN(C(C)(C)O)CC2)c1. The average molecular weight is 393 g/mol. The molecule has 0 amide bonds. The van der Waals surface area contributed by atoms with Crippen LogP contribution in [-0.2, 0) is 0 Å². The zero-order chi connectivity index (χ0) is 20.4. The van der Waals surface area contributed by atoms with Gasteiger partial charge in [-0.2, -0.15) is 4.98 Å². The number of nitrogens with zero attached hydrogens (tertiary/aromatic N) is 5. The maximum Gasteiger partial charge on any atom is 0.246 e. The largest absolute Gasteiger partial charge is 0.376 e. The summed E-state index contributed by atoms with van der Waals surface area (Å²) in [7, 11) is 0. The highest BCUT2D eigenvalue weighted by molar-refractivity contribution is 5.64. The van der Waals surface area contributed by atoms with Gasteiger partial charge in [0, 0.05) is 37.6 Å². The van der Waals surface area contributed by atoms with E-state index in [0.29, 0.717) is 5.95 Å². The number of para-hydroxylation sites is 1. The van der Waals surface area contributed by atoms with E-state index in [1.54, 1.807) is 11.0 Å². The summed E-state index contributed by atoms with van der Waals surface area (Å²) < 4.78 is 1.76.